The lowest BCUT2D eigenvalue weighted by Gasteiger charge is -2.23. The van der Waals surface area contributed by atoms with Crippen LogP contribution in [0, 0.1) is 6.57 Å². The van der Waals surface area contributed by atoms with Crippen LogP contribution < -0.4 is 0 Å². The Labute approximate surface area is 161 Å². The number of fused-ring (bicyclic) bond motifs is 1. The molecule has 0 saturated heterocycles. The van der Waals surface area contributed by atoms with Gasteiger partial charge >= 0.3 is 5.97 Å². The zero-order chi connectivity index (χ0) is 18.7. The van der Waals surface area contributed by atoms with Gasteiger partial charge in [0.2, 0.25) is 0 Å². The van der Waals surface area contributed by atoms with Crippen LogP contribution in [-0.4, -0.2) is 22.3 Å². The zero-order valence-corrected chi connectivity index (χ0v) is 16.4. The summed E-state index contributed by atoms with van der Waals surface area (Å²) in [7, 11) is 0. The van der Waals surface area contributed by atoms with E-state index in [0.29, 0.717) is 12.3 Å². The van der Waals surface area contributed by atoms with Crippen molar-refractivity contribution in [3.8, 4) is 11.1 Å². The Balaban J connectivity index is 2.11. The lowest BCUT2D eigenvalue weighted by molar-refractivity contribution is -0.145. The Bertz CT molecular complexity index is 985. The fourth-order valence-electron chi connectivity index (χ4n) is 2.59. The summed E-state index contributed by atoms with van der Waals surface area (Å²) in [4.78, 5) is 21.2. The van der Waals surface area contributed by atoms with Crippen LogP contribution in [0.5, 0.6) is 0 Å². The molecule has 3 rings (SSSR count). The summed E-state index contributed by atoms with van der Waals surface area (Å²) in [6.07, 6.45) is 0. The first-order chi connectivity index (χ1) is 12.5. The predicted octanol–water partition coefficient (Wildman–Crippen LogP) is 5.95. The molecule has 0 unspecified atom stereocenters. The van der Waals surface area contributed by atoms with Gasteiger partial charge in [0, 0.05) is 10.5 Å². The molecule has 0 fully saturated rings. The van der Waals surface area contributed by atoms with Gasteiger partial charge in [-0.15, -0.1) is 23.1 Å². The van der Waals surface area contributed by atoms with Crippen molar-refractivity contribution in [1.82, 2.24) is 4.98 Å². The van der Waals surface area contributed by atoms with Crippen molar-refractivity contribution in [2.45, 2.75) is 30.4 Å². The summed E-state index contributed by atoms with van der Waals surface area (Å²) in [5.74, 6) is -0.233. The van der Waals surface area contributed by atoms with Crippen molar-refractivity contribution in [3.05, 3.63) is 53.3 Å². The van der Waals surface area contributed by atoms with Crippen LogP contribution in [0.4, 0.5) is 5.69 Å². The van der Waals surface area contributed by atoms with Gasteiger partial charge in [-0.1, -0.05) is 24.3 Å². The van der Waals surface area contributed by atoms with Crippen molar-refractivity contribution in [2.24, 2.45) is 0 Å². The molecule has 6 heteroatoms. The van der Waals surface area contributed by atoms with Gasteiger partial charge in [0.25, 0.3) is 0 Å². The lowest BCUT2D eigenvalue weighted by Crippen LogP contribution is -2.30. The van der Waals surface area contributed by atoms with Crippen LogP contribution in [0.2, 0.25) is 0 Å². The van der Waals surface area contributed by atoms with Gasteiger partial charge in [-0.3, -0.25) is 4.79 Å². The number of hydrogen-bond acceptors (Lipinski definition) is 5. The molecule has 0 N–H and O–H groups in total. The SMILES string of the molecule is [C-]#[N+]c1ccc(-c2c(SC(C)(C)C(=O)OCC)ccc3ncsc23)cc1. The molecular weight excluding hydrogens is 364 g/mol. The molecule has 0 aliphatic heterocycles. The molecule has 2 aromatic carbocycles. The number of carbonyl (C=O) groups is 1. The molecule has 132 valence electrons. The average Bonchev–Trinajstić information content (AvgIpc) is 3.10. The maximum atomic E-state index is 12.3. The number of aromatic nitrogens is 1. The maximum absolute atomic E-state index is 12.3. The van der Waals surface area contributed by atoms with Gasteiger partial charge in [0.05, 0.1) is 28.9 Å². The zero-order valence-electron chi connectivity index (χ0n) is 14.8. The number of thioether (sulfide) groups is 1. The summed E-state index contributed by atoms with van der Waals surface area (Å²) in [5.41, 5.74) is 5.41. The number of benzene rings is 2. The minimum atomic E-state index is -0.709. The average molecular weight is 383 g/mol. The minimum absolute atomic E-state index is 0.233. The Morgan fingerprint density at radius 2 is 2.00 bits per heavy atom. The second-order valence-corrected chi connectivity index (χ2v) is 8.65. The molecule has 0 spiro atoms. The van der Waals surface area contributed by atoms with Crippen molar-refractivity contribution >= 4 is 45.0 Å². The largest absolute Gasteiger partial charge is 0.465 e. The number of hydrogen-bond donors (Lipinski definition) is 0. The van der Waals surface area contributed by atoms with Crippen molar-refractivity contribution in [3.63, 3.8) is 0 Å². The molecule has 4 nitrogen and oxygen atoms in total. The van der Waals surface area contributed by atoms with Gasteiger partial charge in [0.15, 0.2) is 5.69 Å². The van der Waals surface area contributed by atoms with Crippen molar-refractivity contribution in [2.75, 3.05) is 6.61 Å². The molecule has 3 aromatic rings. The van der Waals surface area contributed by atoms with Crippen LogP contribution in [0.1, 0.15) is 20.8 Å². The molecular formula is C20H18N2O2S2. The molecule has 1 heterocycles. The summed E-state index contributed by atoms with van der Waals surface area (Å²) < 4.78 is 5.59. The van der Waals surface area contributed by atoms with Gasteiger partial charge in [-0.2, -0.15) is 0 Å². The van der Waals surface area contributed by atoms with E-state index in [1.165, 1.54) is 11.8 Å². The molecule has 0 aliphatic rings. The number of carbonyl (C=O) groups excluding carboxylic acids is 1. The molecule has 0 saturated carbocycles. The van der Waals surface area contributed by atoms with E-state index in [1.807, 2.05) is 62.7 Å². The number of ether oxygens (including phenoxy) is 1. The predicted molar refractivity (Wildman–Crippen MR) is 108 cm³/mol. The highest BCUT2D eigenvalue weighted by Crippen LogP contribution is 2.44. The third-order valence-electron chi connectivity index (χ3n) is 3.88. The normalized spacial score (nSPS) is 11.3. The summed E-state index contributed by atoms with van der Waals surface area (Å²) in [6, 6.07) is 11.5. The van der Waals surface area contributed by atoms with E-state index in [4.69, 9.17) is 11.3 Å². The van der Waals surface area contributed by atoms with E-state index < -0.39 is 4.75 Å². The standard InChI is InChI=1S/C20H18N2O2S2/c1-5-24-19(23)20(2,3)26-16-11-10-15-18(25-12-22-15)17(16)13-6-8-14(21-4)9-7-13/h6-12H,5H2,1-3H3. The minimum Gasteiger partial charge on any atom is -0.465 e. The molecule has 0 radical (unpaired) electrons. The van der Waals surface area contributed by atoms with E-state index in [2.05, 4.69) is 9.83 Å². The highest BCUT2D eigenvalue weighted by Gasteiger charge is 2.32. The highest BCUT2D eigenvalue weighted by molar-refractivity contribution is 8.01. The Morgan fingerprint density at radius 1 is 1.27 bits per heavy atom. The van der Waals surface area contributed by atoms with Gasteiger partial charge in [-0.25, -0.2) is 9.83 Å². The van der Waals surface area contributed by atoms with Crippen LogP contribution in [0.25, 0.3) is 26.2 Å². The van der Waals surface area contributed by atoms with E-state index in [0.717, 1.165) is 26.2 Å². The third kappa shape index (κ3) is 3.59. The third-order valence-corrected chi connectivity index (χ3v) is 5.98. The fraction of sp³-hybridized carbons (Fsp3) is 0.250. The molecule has 0 amide bonds. The molecule has 0 atom stereocenters. The van der Waals surface area contributed by atoms with Gasteiger partial charge in [0.1, 0.15) is 4.75 Å². The first-order valence-electron chi connectivity index (χ1n) is 8.16. The molecule has 0 bridgehead atoms. The Hall–Kier alpha value is -2.36. The molecule has 26 heavy (non-hydrogen) atoms. The van der Waals surface area contributed by atoms with Crippen LogP contribution in [-0.2, 0) is 9.53 Å². The number of nitrogens with zero attached hydrogens (tertiary/aromatic N) is 2. The van der Waals surface area contributed by atoms with Crippen LogP contribution in [0.3, 0.4) is 0 Å². The van der Waals surface area contributed by atoms with Crippen molar-refractivity contribution < 1.29 is 9.53 Å². The maximum Gasteiger partial charge on any atom is 0.321 e. The number of thiazole rings is 1. The second kappa shape index (κ2) is 7.48. The fourth-order valence-corrected chi connectivity index (χ4v) is 4.67. The Kier molecular flexibility index (Phi) is 5.30. The van der Waals surface area contributed by atoms with E-state index in [9.17, 15) is 4.79 Å². The van der Waals surface area contributed by atoms with Gasteiger partial charge in [-0.05, 0) is 38.5 Å². The van der Waals surface area contributed by atoms with Crippen molar-refractivity contribution in [1.29, 1.82) is 0 Å². The van der Waals surface area contributed by atoms with Crippen LogP contribution in [0.15, 0.2) is 46.8 Å². The smallest absolute Gasteiger partial charge is 0.321 e. The molecule has 0 aliphatic carbocycles. The first kappa shape index (κ1) is 18.4. The number of esters is 1. The lowest BCUT2D eigenvalue weighted by atomic mass is 10.0. The summed E-state index contributed by atoms with van der Waals surface area (Å²) >= 11 is 3.06. The highest BCUT2D eigenvalue weighted by atomic mass is 32.2. The second-order valence-electron chi connectivity index (χ2n) is 6.13. The summed E-state index contributed by atoms with van der Waals surface area (Å²) in [6.45, 7) is 13.1. The first-order valence-corrected chi connectivity index (χ1v) is 9.86. The quantitative estimate of drug-likeness (QED) is 0.311. The topological polar surface area (TPSA) is 43.5 Å². The van der Waals surface area contributed by atoms with E-state index in [-0.39, 0.29) is 5.97 Å². The molecule has 1 aromatic heterocycles. The van der Waals surface area contributed by atoms with E-state index >= 15 is 0 Å². The van der Waals surface area contributed by atoms with Crippen LogP contribution >= 0.6 is 23.1 Å². The monoisotopic (exact) mass is 382 g/mol. The summed E-state index contributed by atoms with van der Waals surface area (Å²) in [5, 5.41) is 0. The number of rotatable bonds is 5. The Morgan fingerprint density at radius 3 is 2.65 bits per heavy atom. The van der Waals surface area contributed by atoms with Gasteiger partial charge < -0.3 is 4.74 Å². The van der Waals surface area contributed by atoms with E-state index in [1.54, 1.807) is 11.3 Å².